The standard InChI is InChI=1S/C20H25ClN2O2/c1-14(2)10-11-25-17-7-4-6-16(12-17)23-20(24)13-22-19-9-5-8-18(21)15(19)3/h4-9,12,14,22H,10-11,13H2,1-3H3,(H,23,24). The Kier molecular flexibility index (Phi) is 7.14. The van der Waals surface area contributed by atoms with E-state index in [1.807, 2.05) is 49.4 Å². The summed E-state index contributed by atoms with van der Waals surface area (Å²) in [4.78, 5) is 12.1. The molecule has 0 aliphatic carbocycles. The third-order valence-corrected chi connectivity index (χ3v) is 4.20. The molecule has 25 heavy (non-hydrogen) atoms. The van der Waals surface area contributed by atoms with Crippen molar-refractivity contribution >= 4 is 28.9 Å². The summed E-state index contributed by atoms with van der Waals surface area (Å²) in [5.41, 5.74) is 2.50. The van der Waals surface area contributed by atoms with Crippen LogP contribution in [0.4, 0.5) is 11.4 Å². The Hall–Kier alpha value is -2.20. The van der Waals surface area contributed by atoms with Gasteiger partial charge in [-0.1, -0.05) is 37.6 Å². The minimum Gasteiger partial charge on any atom is -0.494 e. The van der Waals surface area contributed by atoms with Crippen LogP contribution in [-0.4, -0.2) is 19.1 Å². The maximum absolute atomic E-state index is 12.1. The normalized spacial score (nSPS) is 10.6. The fraction of sp³-hybridized carbons (Fsp3) is 0.350. The zero-order chi connectivity index (χ0) is 18.2. The highest BCUT2D eigenvalue weighted by Crippen LogP contribution is 2.23. The molecule has 0 saturated carbocycles. The second-order valence-corrected chi connectivity index (χ2v) is 6.78. The number of benzene rings is 2. The molecule has 0 unspecified atom stereocenters. The van der Waals surface area contributed by atoms with E-state index in [1.165, 1.54) is 0 Å². The zero-order valence-corrected chi connectivity index (χ0v) is 15.7. The third kappa shape index (κ3) is 6.31. The number of ether oxygens (including phenoxy) is 1. The van der Waals surface area contributed by atoms with Crippen LogP contribution in [0.25, 0.3) is 0 Å². The molecule has 0 spiro atoms. The van der Waals surface area contributed by atoms with Gasteiger partial charge in [0.15, 0.2) is 0 Å². The molecular weight excluding hydrogens is 336 g/mol. The van der Waals surface area contributed by atoms with Crippen molar-refractivity contribution in [2.45, 2.75) is 27.2 Å². The van der Waals surface area contributed by atoms with Crippen molar-refractivity contribution in [2.24, 2.45) is 5.92 Å². The van der Waals surface area contributed by atoms with Gasteiger partial charge in [-0.15, -0.1) is 0 Å². The summed E-state index contributed by atoms with van der Waals surface area (Å²) in [6.07, 6.45) is 0.999. The van der Waals surface area contributed by atoms with Crippen molar-refractivity contribution in [1.82, 2.24) is 0 Å². The fourth-order valence-electron chi connectivity index (χ4n) is 2.26. The third-order valence-electron chi connectivity index (χ3n) is 3.79. The van der Waals surface area contributed by atoms with Gasteiger partial charge in [0, 0.05) is 22.5 Å². The maximum atomic E-state index is 12.1. The minimum atomic E-state index is -0.126. The van der Waals surface area contributed by atoms with Gasteiger partial charge in [0.25, 0.3) is 0 Å². The number of halogens is 1. The lowest BCUT2D eigenvalue weighted by Crippen LogP contribution is -2.22. The van der Waals surface area contributed by atoms with E-state index in [0.29, 0.717) is 17.5 Å². The van der Waals surface area contributed by atoms with E-state index in [1.54, 1.807) is 0 Å². The number of nitrogens with one attached hydrogen (secondary N) is 2. The van der Waals surface area contributed by atoms with Gasteiger partial charge in [0.2, 0.25) is 5.91 Å². The van der Waals surface area contributed by atoms with E-state index < -0.39 is 0 Å². The molecule has 0 saturated heterocycles. The van der Waals surface area contributed by atoms with Crippen molar-refractivity contribution in [3.05, 3.63) is 53.1 Å². The van der Waals surface area contributed by atoms with Crippen LogP contribution in [0, 0.1) is 12.8 Å². The summed E-state index contributed by atoms with van der Waals surface area (Å²) in [5.74, 6) is 1.24. The molecular formula is C20H25ClN2O2. The van der Waals surface area contributed by atoms with E-state index in [0.717, 1.165) is 29.1 Å². The van der Waals surface area contributed by atoms with Crippen LogP contribution in [0.3, 0.4) is 0 Å². The van der Waals surface area contributed by atoms with Gasteiger partial charge in [0.05, 0.1) is 13.2 Å². The molecule has 0 heterocycles. The zero-order valence-electron chi connectivity index (χ0n) is 14.9. The summed E-state index contributed by atoms with van der Waals surface area (Å²) < 4.78 is 5.72. The van der Waals surface area contributed by atoms with Crippen LogP contribution in [0.5, 0.6) is 5.75 Å². The van der Waals surface area contributed by atoms with Crippen LogP contribution in [0.1, 0.15) is 25.8 Å². The highest BCUT2D eigenvalue weighted by Gasteiger charge is 2.06. The fourth-order valence-corrected chi connectivity index (χ4v) is 2.43. The number of hydrogen-bond acceptors (Lipinski definition) is 3. The molecule has 0 aliphatic heterocycles. The average Bonchev–Trinajstić information content (AvgIpc) is 2.56. The Morgan fingerprint density at radius 2 is 1.96 bits per heavy atom. The molecule has 2 aromatic carbocycles. The number of anilines is 2. The number of rotatable bonds is 8. The molecule has 0 aromatic heterocycles. The summed E-state index contributed by atoms with van der Waals surface area (Å²) in [5, 5.41) is 6.66. The van der Waals surface area contributed by atoms with Crippen LogP contribution < -0.4 is 15.4 Å². The van der Waals surface area contributed by atoms with Gasteiger partial charge in [-0.25, -0.2) is 0 Å². The molecule has 0 radical (unpaired) electrons. The first-order chi connectivity index (χ1) is 12.0. The van der Waals surface area contributed by atoms with Crippen LogP contribution in [-0.2, 0) is 4.79 Å². The quantitative estimate of drug-likeness (QED) is 0.686. The van der Waals surface area contributed by atoms with Crippen LogP contribution in [0.2, 0.25) is 5.02 Å². The monoisotopic (exact) mass is 360 g/mol. The summed E-state index contributed by atoms with van der Waals surface area (Å²) >= 11 is 6.08. The van der Waals surface area contributed by atoms with Gasteiger partial charge in [-0.3, -0.25) is 4.79 Å². The van der Waals surface area contributed by atoms with E-state index in [-0.39, 0.29) is 12.5 Å². The summed E-state index contributed by atoms with van der Waals surface area (Å²) in [7, 11) is 0. The van der Waals surface area contributed by atoms with E-state index >= 15 is 0 Å². The molecule has 0 aliphatic rings. The molecule has 0 fully saturated rings. The van der Waals surface area contributed by atoms with E-state index in [4.69, 9.17) is 16.3 Å². The van der Waals surface area contributed by atoms with Crippen LogP contribution >= 0.6 is 11.6 Å². The van der Waals surface area contributed by atoms with Gasteiger partial charge >= 0.3 is 0 Å². The average molecular weight is 361 g/mol. The Balaban J connectivity index is 1.86. The van der Waals surface area contributed by atoms with Gasteiger partial charge in [-0.05, 0) is 49.1 Å². The van der Waals surface area contributed by atoms with Gasteiger partial charge in [0.1, 0.15) is 5.75 Å². The second-order valence-electron chi connectivity index (χ2n) is 6.37. The number of carbonyl (C=O) groups is 1. The Morgan fingerprint density at radius 1 is 1.20 bits per heavy atom. The van der Waals surface area contributed by atoms with Gasteiger partial charge < -0.3 is 15.4 Å². The molecule has 5 heteroatoms. The first kappa shape index (κ1) is 19.1. The Morgan fingerprint density at radius 3 is 2.72 bits per heavy atom. The molecule has 4 nitrogen and oxygen atoms in total. The van der Waals surface area contributed by atoms with Crippen molar-refractivity contribution in [1.29, 1.82) is 0 Å². The largest absolute Gasteiger partial charge is 0.494 e. The molecule has 2 rings (SSSR count). The topological polar surface area (TPSA) is 50.4 Å². The molecule has 2 N–H and O–H groups in total. The predicted octanol–water partition coefficient (Wildman–Crippen LogP) is 5.12. The number of hydrogen-bond donors (Lipinski definition) is 2. The minimum absolute atomic E-state index is 0.126. The van der Waals surface area contributed by atoms with Crippen LogP contribution in [0.15, 0.2) is 42.5 Å². The van der Waals surface area contributed by atoms with E-state index in [2.05, 4.69) is 24.5 Å². The Bertz CT molecular complexity index is 717. The lowest BCUT2D eigenvalue weighted by atomic mass is 10.1. The molecule has 1 amide bonds. The van der Waals surface area contributed by atoms with Crippen molar-refractivity contribution in [3.8, 4) is 5.75 Å². The predicted molar refractivity (Wildman–Crippen MR) is 105 cm³/mol. The molecule has 0 atom stereocenters. The van der Waals surface area contributed by atoms with Crippen molar-refractivity contribution in [2.75, 3.05) is 23.8 Å². The first-order valence-electron chi connectivity index (χ1n) is 8.47. The highest BCUT2D eigenvalue weighted by molar-refractivity contribution is 6.31. The first-order valence-corrected chi connectivity index (χ1v) is 8.85. The lowest BCUT2D eigenvalue weighted by Gasteiger charge is -2.12. The second kappa shape index (κ2) is 9.33. The molecule has 134 valence electrons. The maximum Gasteiger partial charge on any atom is 0.243 e. The molecule has 2 aromatic rings. The summed E-state index contributed by atoms with van der Waals surface area (Å²) in [6.45, 7) is 7.08. The SMILES string of the molecule is Cc1c(Cl)cccc1NCC(=O)Nc1cccc(OCCC(C)C)c1. The highest BCUT2D eigenvalue weighted by atomic mass is 35.5. The Labute approximate surface area is 154 Å². The van der Waals surface area contributed by atoms with Crippen molar-refractivity contribution < 1.29 is 9.53 Å². The lowest BCUT2D eigenvalue weighted by molar-refractivity contribution is -0.114. The number of carbonyl (C=O) groups excluding carboxylic acids is 1. The summed E-state index contributed by atoms with van der Waals surface area (Å²) in [6, 6.07) is 13.0. The van der Waals surface area contributed by atoms with E-state index in [9.17, 15) is 4.79 Å². The molecule has 0 bridgehead atoms. The number of amides is 1. The van der Waals surface area contributed by atoms with Crippen molar-refractivity contribution in [3.63, 3.8) is 0 Å². The van der Waals surface area contributed by atoms with Gasteiger partial charge in [-0.2, -0.15) is 0 Å². The smallest absolute Gasteiger partial charge is 0.243 e.